The minimum atomic E-state index is -4.65. The number of ether oxygens (including phenoxy) is 1. The van der Waals surface area contributed by atoms with E-state index in [-0.39, 0.29) is 5.69 Å². The number of para-hydroxylation sites is 1. The van der Waals surface area contributed by atoms with Gasteiger partial charge >= 0.3 is 6.18 Å². The van der Waals surface area contributed by atoms with Crippen LogP contribution in [0.15, 0.2) is 48.5 Å². The van der Waals surface area contributed by atoms with Crippen molar-refractivity contribution in [1.82, 2.24) is 0 Å². The van der Waals surface area contributed by atoms with Crippen molar-refractivity contribution in [3.8, 4) is 5.75 Å². The van der Waals surface area contributed by atoms with Gasteiger partial charge in [-0.2, -0.15) is 13.2 Å². The maximum absolute atomic E-state index is 13.2. The molecule has 26 heavy (non-hydrogen) atoms. The Kier molecular flexibility index (Phi) is 5.86. The van der Waals surface area contributed by atoms with Gasteiger partial charge in [-0.3, -0.25) is 9.59 Å². The Bertz CT molecular complexity index is 806. The van der Waals surface area contributed by atoms with E-state index in [9.17, 15) is 22.8 Å². The Morgan fingerprint density at radius 3 is 2.42 bits per heavy atom. The number of alkyl halides is 3. The highest BCUT2D eigenvalue weighted by molar-refractivity contribution is 6.02. The molecule has 0 aliphatic rings. The number of rotatable bonds is 5. The molecule has 0 spiro atoms. The third-order valence-electron chi connectivity index (χ3n) is 3.54. The van der Waals surface area contributed by atoms with E-state index in [4.69, 9.17) is 4.74 Å². The Hall–Kier alpha value is -3.03. The van der Waals surface area contributed by atoms with Crippen LogP contribution >= 0.6 is 0 Å². The third-order valence-corrected chi connectivity index (χ3v) is 3.54. The number of hydrogen-bond acceptors (Lipinski definition) is 3. The van der Waals surface area contributed by atoms with Gasteiger partial charge in [0.15, 0.2) is 0 Å². The topological polar surface area (TPSA) is 58.6 Å². The predicted molar refractivity (Wildman–Crippen MR) is 91.1 cm³/mol. The molecule has 0 unspecified atom stereocenters. The molecule has 0 aromatic heterocycles. The first kappa shape index (κ1) is 19.3. The summed E-state index contributed by atoms with van der Waals surface area (Å²) in [6.07, 6.45) is -4.65. The molecule has 5 nitrogen and oxygen atoms in total. The van der Waals surface area contributed by atoms with Gasteiger partial charge in [-0.05, 0) is 24.3 Å². The lowest BCUT2D eigenvalue weighted by molar-refractivity contribution is -0.137. The van der Waals surface area contributed by atoms with Gasteiger partial charge in [0, 0.05) is 18.7 Å². The first-order valence-corrected chi connectivity index (χ1v) is 7.60. The molecule has 0 heterocycles. The van der Waals surface area contributed by atoms with Gasteiger partial charge < -0.3 is 15.0 Å². The number of nitrogens with zero attached hydrogens (tertiary/aromatic N) is 1. The Labute approximate surface area is 148 Å². The zero-order valence-electron chi connectivity index (χ0n) is 14.1. The van der Waals surface area contributed by atoms with Crippen LogP contribution < -0.4 is 15.0 Å². The fourth-order valence-electron chi connectivity index (χ4n) is 2.36. The van der Waals surface area contributed by atoms with E-state index in [1.54, 1.807) is 24.3 Å². The molecular weight excluding hydrogens is 349 g/mol. The molecule has 0 bridgehead atoms. The van der Waals surface area contributed by atoms with Crippen LogP contribution in [-0.2, 0) is 15.8 Å². The SMILES string of the molecule is COc1cccc(NC(=O)CN(C(C)=O)c2ccccc2C(F)(F)F)c1. The molecule has 2 aromatic carbocycles. The highest BCUT2D eigenvalue weighted by atomic mass is 19.4. The third kappa shape index (κ3) is 4.75. The lowest BCUT2D eigenvalue weighted by atomic mass is 10.1. The van der Waals surface area contributed by atoms with Crippen LogP contribution in [0.1, 0.15) is 12.5 Å². The van der Waals surface area contributed by atoms with E-state index in [2.05, 4.69) is 5.32 Å². The summed E-state index contributed by atoms with van der Waals surface area (Å²) in [6.45, 7) is 0.547. The zero-order chi connectivity index (χ0) is 19.3. The van der Waals surface area contributed by atoms with Gasteiger partial charge in [0.25, 0.3) is 0 Å². The number of anilines is 2. The number of benzene rings is 2. The molecule has 0 fully saturated rings. The van der Waals surface area contributed by atoms with Crippen molar-refractivity contribution in [2.75, 3.05) is 23.9 Å². The largest absolute Gasteiger partial charge is 0.497 e. The summed E-state index contributed by atoms with van der Waals surface area (Å²) in [6, 6.07) is 11.1. The number of carbonyl (C=O) groups is 2. The summed E-state index contributed by atoms with van der Waals surface area (Å²) in [5.41, 5.74) is -0.945. The number of halogens is 3. The first-order valence-electron chi connectivity index (χ1n) is 7.60. The molecule has 0 saturated carbocycles. The van der Waals surface area contributed by atoms with Crippen molar-refractivity contribution in [1.29, 1.82) is 0 Å². The van der Waals surface area contributed by atoms with Crippen LogP contribution in [0.25, 0.3) is 0 Å². The predicted octanol–water partition coefficient (Wildman–Crippen LogP) is 3.71. The number of hydrogen-bond donors (Lipinski definition) is 1. The lowest BCUT2D eigenvalue weighted by Crippen LogP contribution is -2.37. The average Bonchev–Trinajstić information content (AvgIpc) is 2.59. The van der Waals surface area contributed by atoms with E-state index in [1.807, 2.05) is 0 Å². The monoisotopic (exact) mass is 366 g/mol. The molecule has 1 N–H and O–H groups in total. The van der Waals surface area contributed by atoms with Crippen LogP contribution in [0.4, 0.5) is 24.5 Å². The molecule has 8 heteroatoms. The van der Waals surface area contributed by atoms with Crippen molar-refractivity contribution in [3.63, 3.8) is 0 Å². The van der Waals surface area contributed by atoms with Crippen LogP contribution in [0.5, 0.6) is 5.75 Å². The van der Waals surface area contributed by atoms with E-state index < -0.39 is 30.1 Å². The highest BCUT2D eigenvalue weighted by Crippen LogP contribution is 2.36. The van der Waals surface area contributed by atoms with Crippen molar-refractivity contribution in [2.24, 2.45) is 0 Å². The second-order valence-electron chi connectivity index (χ2n) is 5.40. The molecule has 0 saturated heterocycles. The quantitative estimate of drug-likeness (QED) is 0.878. The molecule has 0 aliphatic heterocycles. The average molecular weight is 366 g/mol. The minimum Gasteiger partial charge on any atom is -0.497 e. The molecular formula is C18H17F3N2O3. The van der Waals surface area contributed by atoms with E-state index in [0.29, 0.717) is 11.4 Å². The summed E-state index contributed by atoms with van der Waals surface area (Å²) in [7, 11) is 1.46. The minimum absolute atomic E-state index is 0.367. The molecule has 138 valence electrons. The van der Waals surface area contributed by atoms with Gasteiger partial charge in [-0.15, -0.1) is 0 Å². The van der Waals surface area contributed by atoms with Crippen LogP contribution in [0.3, 0.4) is 0 Å². The number of methoxy groups -OCH3 is 1. The van der Waals surface area contributed by atoms with Crippen molar-refractivity contribution >= 4 is 23.2 Å². The Morgan fingerprint density at radius 1 is 1.12 bits per heavy atom. The smallest absolute Gasteiger partial charge is 0.418 e. The summed E-state index contributed by atoms with van der Waals surface area (Å²) in [5.74, 6) is -0.804. The van der Waals surface area contributed by atoms with Crippen molar-refractivity contribution in [3.05, 3.63) is 54.1 Å². The molecule has 2 amide bonds. The zero-order valence-corrected chi connectivity index (χ0v) is 14.1. The maximum atomic E-state index is 13.2. The van der Waals surface area contributed by atoms with Crippen LogP contribution in [0, 0.1) is 0 Å². The molecule has 2 rings (SSSR count). The number of nitrogens with one attached hydrogen (secondary N) is 1. The highest BCUT2D eigenvalue weighted by Gasteiger charge is 2.35. The lowest BCUT2D eigenvalue weighted by Gasteiger charge is -2.24. The van der Waals surface area contributed by atoms with Gasteiger partial charge in [0.1, 0.15) is 12.3 Å². The second kappa shape index (κ2) is 7.90. The molecule has 0 aliphatic carbocycles. The van der Waals surface area contributed by atoms with Gasteiger partial charge in [0.2, 0.25) is 11.8 Å². The summed E-state index contributed by atoms with van der Waals surface area (Å²) in [4.78, 5) is 24.9. The summed E-state index contributed by atoms with van der Waals surface area (Å²) < 4.78 is 44.6. The first-order chi connectivity index (χ1) is 12.2. The summed E-state index contributed by atoms with van der Waals surface area (Å²) >= 11 is 0. The molecule has 2 aromatic rings. The number of carbonyl (C=O) groups excluding carboxylic acids is 2. The Morgan fingerprint density at radius 2 is 1.81 bits per heavy atom. The van der Waals surface area contributed by atoms with E-state index in [1.165, 1.54) is 19.2 Å². The fourth-order valence-corrected chi connectivity index (χ4v) is 2.36. The van der Waals surface area contributed by atoms with Crippen LogP contribution in [0.2, 0.25) is 0 Å². The fraction of sp³-hybridized carbons (Fsp3) is 0.222. The summed E-state index contributed by atoms with van der Waals surface area (Å²) in [5, 5.41) is 2.54. The van der Waals surface area contributed by atoms with Gasteiger partial charge in [0.05, 0.1) is 18.4 Å². The number of amides is 2. The van der Waals surface area contributed by atoms with Crippen molar-refractivity contribution in [2.45, 2.75) is 13.1 Å². The molecule has 0 atom stereocenters. The second-order valence-corrected chi connectivity index (χ2v) is 5.40. The van der Waals surface area contributed by atoms with Gasteiger partial charge in [-0.1, -0.05) is 18.2 Å². The normalized spacial score (nSPS) is 11.0. The van der Waals surface area contributed by atoms with E-state index in [0.717, 1.165) is 24.0 Å². The van der Waals surface area contributed by atoms with E-state index >= 15 is 0 Å². The standard InChI is InChI=1S/C18H17F3N2O3/c1-12(24)23(16-9-4-3-8-15(16)18(19,20)21)11-17(25)22-13-6-5-7-14(10-13)26-2/h3-10H,11H2,1-2H3,(H,22,25). The maximum Gasteiger partial charge on any atom is 0.418 e. The Balaban J connectivity index is 2.24. The van der Waals surface area contributed by atoms with Crippen molar-refractivity contribution < 1.29 is 27.5 Å². The van der Waals surface area contributed by atoms with Gasteiger partial charge in [-0.25, -0.2) is 0 Å². The van der Waals surface area contributed by atoms with Crippen LogP contribution in [-0.4, -0.2) is 25.5 Å². The molecule has 0 radical (unpaired) electrons.